The quantitative estimate of drug-likeness (QED) is 0.892. The SMILES string of the molecule is Cc1cccc(C(O)c2cc(Cl)ccc2CO)c1. The zero-order valence-corrected chi connectivity index (χ0v) is 10.9. The van der Waals surface area contributed by atoms with Crippen LogP contribution in [0.15, 0.2) is 42.5 Å². The van der Waals surface area contributed by atoms with Crippen LogP contribution in [0.2, 0.25) is 5.02 Å². The molecule has 0 saturated heterocycles. The van der Waals surface area contributed by atoms with Gasteiger partial charge in [-0.1, -0.05) is 47.5 Å². The van der Waals surface area contributed by atoms with Crippen molar-refractivity contribution in [2.24, 2.45) is 0 Å². The van der Waals surface area contributed by atoms with Crippen LogP contribution in [0.3, 0.4) is 0 Å². The molecule has 18 heavy (non-hydrogen) atoms. The van der Waals surface area contributed by atoms with Crippen molar-refractivity contribution in [1.29, 1.82) is 0 Å². The molecule has 0 aromatic heterocycles. The molecule has 0 aliphatic heterocycles. The van der Waals surface area contributed by atoms with Gasteiger partial charge in [-0.3, -0.25) is 0 Å². The van der Waals surface area contributed by atoms with E-state index in [1.807, 2.05) is 31.2 Å². The highest BCUT2D eigenvalue weighted by Crippen LogP contribution is 2.28. The fourth-order valence-corrected chi connectivity index (χ4v) is 2.16. The molecule has 0 spiro atoms. The molecular weight excluding hydrogens is 248 g/mol. The van der Waals surface area contributed by atoms with Crippen LogP contribution in [0.5, 0.6) is 0 Å². The first-order chi connectivity index (χ1) is 8.61. The van der Waals surface area contributed by atoms with Gasteiger partial charge < -0.3 is 10.2 Å². The minimum Gasteiger partial charge on any atom is -0.392 e. The van der Waals surface area contributed by atoms with Gasteiger partial charge in [-0.25, -0.2) is 0 Å². The lowest BCUT2D eigenvalue weighted by Crippen LogP contribution is -2.04. The van der Waals surface area contributed by atoms with Crippen molar-refractivity contribution < 1.29 is 10.2 Å². The summed E-state index contributed by atoms with van der Waals surface area (Å²) >= 11 is 5.94. The van der Waals surface area contributed by atoms with E-state index in [1.54, 1.807) is 18.2 Å². The van der Waals surface area contributed by atoms with Crippen molar-refractivity contribution in [1.82, 2.24) is 0 Å². The van der Waals surface area contributed by atoms with Crippen molar-refractivity contribution >= 4 is 11.6 Å². The maximum atomic E-state index is 10.4. The highest BCUT2D eigenvalue weighted by atomic mass is 35.5. The molecular formula is C15H15ClO2. The van der Waals surface area contributed by atoms with Gasteiger partial charge in [0.1, 0.15) is 6.10 Å². The molecule has 0 radical (unpaired) electrons. The average Bonchev–Trinajstić information content (AvgIpc) is 2.38. The molecule has 0 saturated carbocycles. The minimum atomic E-state index is -0.772. The first kappa shape index (κ1) is 13.1. The van der Waals surface area contributed by atoms with Crippen LogP contribution in [0.4, 0.5) is 0 Å². The Morgan fingerprint density at radius 2 is 1.94 bits per heavy atom. The summed E-state index contributed by atoms with van der Waals surface area (Å²) in [7, 11) is 0. The van der Waals surface area contributed by atoms with Gasteiger partial charge in [-0.2, -0.15) is 0 Å². The van der Waals surface area contributed by atoms with Gasteiger partial charge in [0.2, 0.25) is 0 Å². The number of aliphatic hydroxyl groups is 2. The maximum absolute atomic E-state index is 10.4. The summed E-state index contributed by atoms with van der Waals surface area (Å²) in [5.74, 6) is 0. The Morgan fingerprint density at radius 1 is 1.17 bits per heavy atom. The van der Waals surface area contributed by atoms with Gasteiger partial charge in [0, 0.05) is 5.02 Å². The lowest BCUT2D eigenvalue weighted by Gasteiger charge is -2.16. The fourth-order valence-electron chi connectivity index (χ4n) is 1.98. The zero-order chi connectivity index (χ0) is 13.1. The van der Waals surface area contributed by atoms with E-state index >= 15 is 0 Å². The van der Waals surface area contributed by atoms with Crippen LogP contribution >= 0.6 is 11.6 Å². The molecule has 1 atom stereocenters. The summed E-state index contributed by atoms with van der Waals surface area (Å²) in [6, 6.07) is 12.8. The summed E-state index contributed by atoms with van der Waals surface area (Å²) in [4.78, 5) is 0. The Hall–Kier alpha value is -1.35. The topological polar surface area (TPSA) is 40.5 Å². The number of aliphatic hydroxyl groups excluding tert-OH is 2. The molecule has 0 heterocycles. The second-order valence-corrected chi connectivity index (χ2v) is 4.75. The Morgan fingerprint density at radius 3 is 2.61 bits per heavy atom. The molecule has 0 aliphatic rings. The van der Waals surface area contributed by atoms with E-state index in [1.165, 1.54) is 0 Å². The third kappa shape index (κ3) is 2.72. The first-order valence-corrected chi connectivity index (χ1v) is 6.13. The van der Waals surface area contributed by atoms with Gasteiger partial charge in [-0.15, -0.1) is 0 Å². The van der Waals surface area contributed by atoms with Crippen LogP contribution in [-0.2, 0) is 6.61 Å². The second kappa shape index (κ2) is 5.53. The Labute approximate surface area is 111 Å². The molecule has 94 valence electrons. The molecule has 2 nitrogen and oxygen atoms in total. The molecule has 3 heteroatoms. The van der Waals surface area contributed by atoms with E-state index in [-0.39, 0.29) is 6.61 Å². The fraction of sp³-hybridized carbons (Fsp3) is 0.200. The van der Waals surface area contributed by atoms with Crippen LogP contribution in [0.25, 0.3) is 0 Å². The molecule has 0 fully saturated rings. The summed E-state index contributed by atoms with van der Waals surface area (Å²) in [5, 5.41) is 20.2. The Bertz CT molecular complexity index is 552. The number of aryl methyl sites for hydroxylation is 1. The Balaban J connectivity index is 2.44. The van der Waals surface area contributed by atoms with E-state index < -0.39 is 6.10 Å². The highest BCUT2D eigenvalue weighted by molar-refractivity contribution is 6.30. The van der Waals surface area contributed by atoms with E-state index in [0.29, 0.717) is 16.1 Å². The van der Waals surface area contributed by atoms with Crippen LogP contribution in [0, 0.1) is 6.92 Å². The summed E-state index contributed by atoms with van der Waals surface area (Å²) in [6.45, 7) is 1.86. The van der Waals surface area contributed by atoms with Gasteiger partial charge in [0.05, 0.1) is 6.61 Å². The normalized spacial score (nSPS) is 12.4. The largest absolute Gasteiger partial charge is 0.392 e. The lowest BCUT2D eigenvalue weighted by atomic mass is 9.96. The minimum absolute atomic E-state index is 0.116. The predicted octanol–water partition coefficient (Wildman–Crippen LogP) is 3.22. The molecule has 2 aromatic rings. The monoisotopic (exact) mass is 262 g/mol. The van der Waals surface area contributed by atoms with E-state index in [9.17, 15) is 10.2 Å². The molecule has 2 rings (SSSR count). The van der Waals surface area contributed by atoms with Gasteiger partial charge in [0.25, 0.3) is 0 Å². The Kier molecular flexibility index (Phi) is 4.02. The van der Waals surface area contributed by atoms with E-state index in [0.717, 1.165) is 11.1 Å². The van der Waals surface area contributed by atoms with Gasteiger partial charge >= 0.3 is 0 Å². The third-order valence-corrected chi connectivity index (χ3v) is 3.17. The average molecular weight is 263 g/mol. The number of rotatable bonds is 3. The number of benzene rings is 2. The number of hydrogen-bond acceptors (Lipinski definition) is 2. The summed E-state index contributed by atoms with van der Waals surface area (Å²) in [6.07, 6.45) is -0.772. The van der Waals surface area contributed by atoms with Crippen molar-refractivity contribution in [3.63, 3.8) is 0 Å². The van der Waals surface area contributed by atoms with Gasteiger partial charge in [-0.05, 0) is 35.7 Å². The van der Waals surface area contributed by atoms with E-state index in [4.69, 9.17) is 11.6 Å². The van der Waals surface area contributed by atoms with E-state index in [2.05, 4.69) is 0 Å². The van der Waals surface area contributed by atoms with Crippen molar-refractivity contribution in [3.8, 4) is 0 Å². The molecule has 2 N–H and O–H groups in total. The summed E-state index contributed by atoms with van der Waals surface area (Å²) in [5.41, 5.74) is 3.22. The molecule has 0 aliphatic carbocycles. The van der Waals surface area contributed by atoms with Crippen molar-refractivity contribution in [3.05, 3.63) is 69.7 Å². The smallest absolute Gasteiger partial charge is 0.104 e. The van der Waals surface area contributed by atoms with Crippen LogP contribution < -0.4 is 0 Å². The zero-order valence-electron chi connectivity index (χ0n) is 10.1. The molecule has 1 unspecified atom stereocenters. The summed E-state index contributed by atoms with van der Waals surface area (Å²) < 4.78 is 0. The number of halogens is 1. The van der Waals surface area contributed by atoms with Crippen LogP contribution in [-0.4, -0.2) is 10.2 Å². The predicted molar refractivity (Wildman–Crippen MR) is 72.6 cm³/mol. The highest BCUT2D eigenvalue weighted by Gasteiger charge is 2.14. The molecule has 2 aromatic carbocycles. The van der Waals surface area contributed by atoms with Gasteiger partial charge in [0.15, 0.2) is 0 Å². The molecule has 0 amide bonds. The maximum Gasteiger partial charge on any atom is 0.104 e. The molecule has 0 bridgehead atoms. The van der Waals surface area contributed by atoms with Crippen molar-refractivity contribution in [2.75, 3.05) is 0 Å². The third-order valence-electron chi connectivity index (χ3n) is 2.93. The van der Waals surface area contributed by atoms with Crippen LogP contribution in [0.1, 0.15) is 28.4 Å². The standard InChI is InChI=1S/C15H15ClO2/c1-10-3-2-4-11(7-10)15(18)14-8-13(16)6-5-12(14)9-17/h2-8,15,17-18H,9H2,1H3. The van der Waals surface area contributed by atoms with Crippen molar-refractivity contribution in [2.45, 2.75) is 19.6 Å². The first-order valence-electron chi connectivity index (χ1n) is 5.75. The number of hydrogen-bond donors (Lipinski definition) is 2. The second-order valence-electron chi connectivity index (χ2n) is 4.32. The lowest BCUT2D eigenvalue weighted by molar-refractivity contribution is 0.213.